The number of nitrogens with one attached hydrogen (secondary N) is 1. The zero-order valence-electron chi connectivity index (χ0n) is 9.35. The van der Waals surface area contributed by atoms with Gasteiger partial charge in [-0.3, -0.25) is 4.79 Å². The molecule has 0 aliphatic heterocycles. The Hall–Kier alpha value is -1.47. The largest absolute Gasteiger partial charge is 0.383 e. The van der Waals surface area contributed by atoms with Gasteiger partial charge in [0.05, 0.1) is 12.3 Å². The molecule has 1 amide bonds. The van der Waals surface area contributed by atoms with E-state index in [1.807, 2.05) is 0 Å². The van der Waals surface area contributed by atoms with Crippen molar-refractivity contribution in [2.75, 3.05) is 26.8 Å². The quantitative estimate of drug-likeness (QED) is 0.555. The average molecular weight is 227 g/mol. The maximum Gasteiger partial charge on any atom is 0.241 e. The lowest BCUT2D eigenvalue weighted by Gasteiger charge is -2.03. The smallest absolute Gasteiger partial charge is 0.241 e. The minimum absolute atomic E-state index is 0.110. The molecule has 0 saturated carbocycles. The molecule has 0 unspecified atom stereocenters. The number of hydrogen-bond acceptors (Lipinski definition) is 5. The summed E-state index contributed by atoms with van der Waals surface area (Å²) in [5, 5.41) is 10.4. The molecule has 90 valence electrons. The zero-order valence-corrected chi connectivity index (χ0v) is 9.35. The van der Waals surface area contributed by atoms with Gasteiger partial charge in [0.2, 0.25) is 5.91 Å². The van der Waals surface area contributed by atoms with Crippen molar-refractivity contribution in [1.29, 1.82) is 0 Å². The third kappa shape index (κ3) is 4.37. The van der Waals surface area contributed by atoms with E-state index in [0.717, 1.165) is 5.69 Å². The molecular weight excluding hydrogens is 210 g/mol. The van der Waals surface area contributed by atoms with E-state index in [2.05, 4.69) is 15.6 Å². The normalized spacial score (nSPS) is 10.4. The van der Waals surface area contributed by atoms with Crippen LogP contribution in [0.4, 0.5) is 0 Å². The van der Waals surface area contributed by atoms with Crippen molar-refractivity contribution < 1.29 is 9.53 Å². The summed E-state index contributed by atoms with van der Waals surface area (Å²) in [6.45, 7) is 1.70. The van der Waals surface area contributed by atoms with E-state index < -0.39 is 0 Å². The van der Waals surface area contributed by atoms with Crippen LogP contribution in [0.3, 0.4) is 0 Å². The average Bonchev–Trinajstić information content (AvgIpc) is 2.66. The van der Waals surface area contributed by atoms with E-state index in [1.54, 1.807) is 13.3 Å². The van der Waals surface area contributed by atoms with E-state index in [9.17, 15) is 4.79 Å². The van der Waals surface area contributed by atoms with Gasteiger partial charge in [-0.15, -0.1) is 5.10 Å². The highest BCUT2D eigenvalue weighted by Gasteiger charge is 2.04. The highest BCUT2D eigenvalue weighted by atomic mass is 16.5. The molecular formula is C9H17N5O2. The maximum atomic E-state index is 11.4. The summed E-state index contributed by atoms with van der Waals surface area (Å²) < 4.78 is 6.31. The number of amides is 1. The lowest BCUT2D eigenvalue weighted by molar-refractivity contribution is -0.122. The van der Waals surface area contributed by atoms with Crippen molar-refractivity contribution in [2.45, 2.75) is 13.0 Å². The maximum absolute atomic E-state index is 11.4. The number of carbonyl (C=O) groups excluding carboxylic acids is 1. The first-order valence-electron chi connectivity index (χ1n) is 5.11. The van der Waals surface area contributed by atoms with Gasteiger partial charge in [-0.1, -0.05) is 5.21 Å². The van der Waals surface area contributed by atoms with Crippen LogP contribution < -0.4 is 11.1 Å². The van der Waals surface area contributed by atoms with Crippen LogP contribution in [0, 0.1) is 0 Å². The predicted octanol–water partition coefficient (Wildman–Crippen LogP) is -1.46. The number of hydrogen-bond donors (Lipinski definition) is 2. The molecule has 0 radical (unpaired) electrons. The summed E-state index contributed by atoms with van der Waals surface area (Å²) in [5.74, 6) is -0.110. The van der Waals surface area contributed by atoms with Crippen molar-refractivity contribution in [2.24, 2.45) is 5.73 Å². The second-order valence-electron chi connectivity index (χ2n) is 3.29. The van der Waals surface area contributed by atoms with Gasteiger partial charge in [0.1, 0.15) is 6.54 Å². The van der Waals surface area contributed by atoms with Gasteiger partial charge >= 0.3 is 0 Å². The second-order valence-corrected chi connectivity index (χ2v) is 3.29. The summed E-state index contributed by atoms with van der Waals surface area (Å²) in [7, 11) is 1.59. The van der Waals surface area contributed by atoms with Crippen LogP contribution in [0.25, 0.3) is 0 Å². The molecule has 0 bridgehead atoms. The molecule has 0 saturated heterocycles. The summed E-state index contributed by atoms with van der Waals surface area (Å²) in [6, 6.07) is 0. The van der Waals surface area contributed by atoms with E-state index in [4.69, 9.17) is 10.5 Å². The minimum atomic E-state index is -0.110. The van der Waals surface area contributed by atoms with E-state index in [1.165, 1.54) is 4.68 Å². The van der Waals surface area contributed by atoms with Crippen LogP contribution in [0.2, 0.25) is 0 Å². The fraction of sp³-hybridized carbons (Fsp3) is 0.667. The van der Waals surface area contributed by atoms with Crippen molar-refractivity contribution in [3.63, 3.8) is 0 Å². The molecule has 1 aromatic rings. The van der Waals surface area contributed by atoms with E-state index in [-0.39, 0.29) is 12.5 Å². The Balaban J connectivity index is 2.31. The molecule has 0 aromatic carbocycles. The molecule has 0 atom stereocenters. The first-order valence-corrected chi connectivity index (χ1v) is 5.11. The standard InChI is InChI=1S/C9H17N5O2/c1-16-5-4-11-9(15)7-14-6-8(2-3-10)12-13-14/h6H,2-5,7,10H2,1H3,(H,11,15). The first kappa shape index (κ1) is 12.6. The SMILES string of the molecule is COCCNC(=O)Cn1cc(CCN)nn1. The van der Waals surface area contributed by atoms with Gasteiger partial charge in [0, 0.05) is 26.3 Å². The Morgan fingerprint density at radius 2 is 2.50 bits per heavy atom. The molecule has 16 heavy (non-hydrogen) atoms. The number of aromatic nitrogens is 3. The third-order valence-electron chi connectivity index (χ3n) is 1.92. The van der Waals surface area contributed by atoms with Crippen LogP contribution in [-0.2, 0) is 22.5 Å². The molecule has 0 spiro atoms. The van der Waals surface area contributed by atoms with Crippen LogP contribution >= 0.6 is 0 Å². The molecule has 0 aliphatic carbocycles. The van der Waals surface area contributed by atoms with Crippen molar-refractivity contribution in [3.8, 4) is 0 Å². The third-order valence-corrected chi connectivity index (χ3v) is 1.92. The van der Waals surface area contributed by atoms with Crippen LogP contribution in [0.5, 0.6) is 0 Å². The molecule has 0 fully saturated rings. The van der Waals surface area contributed by atoms with Gasteiger partial charge in [-0.25, -0.2) is 4.68 Å². The van der Waals surface area contributed by atoms with Crippen LogP contribution in [0.15, 0.2) is 6.20 Å². The van der Waals surface area contributed by atoms with Gasteiger partial charge in [-0.2, -0.15) is 0 Å². The molecule has 1 aromatic heterocycles. The van der Waals surface area contributed by atoms with Crippen molar-refractivity contribution in [3.05, 3.63) is 11.9 Å². The molecule has 0 aliphatic rings. The first-order chi connectivity index (χ1) is 7.76. The Morgan fingerprint density at radius 3 is 3.19 bits per heavy atom. The molecule has 1 rings (SSSR count). The number of nitrogens with two attached hydrogens (primary N) is 1. The molecule has 3 N–H and O–H groups in total. The lowest BCUT2D eigenvalue weighted by Crippen LogP contribution is -2.30. The van der Waals surface area contributed by atoms with Gasteiger partial charge in [0.25, 0.3) is 0 Å². The molecule has 7 nitrogen and oxygen atoms in total. The number of nitrogens with zero attached hydrogens (tertiary/aromatic N) is 3. The summed E-state index contributed by atoms with van der Waals surface area (Å²) in [5.41, 5.74) is 6.18. The van der Waals surface area contributed by atoms with Crippen LogP contribution in [0.1, 0.15) is 5.69 Å². The Kier molecular flexibility index (Phi) is 5.44. The molecule has 1 heterocycles. The number of ether oxygens (including phenoxy) is 1. The highest BCUT2D eigenvalue weighted by Crippen LogP contribution is 1.92. The number of rotatable bonds is 7. The monoisotopic (exact) mass is 227 g/mol. The Bertz CT molecular complexity index is 325. The molecule has 7 heteroatoms. The predicted molar refractivity (Wildman–Crippen MR) is 57.7 cm³/mol. The summed E-state index contributed by atoms with van der Waals surface area (Å²) in [4.78, 5) is 11.4. The summed E-state index contributed by atoms with van der Waals surface area (Å²) >= 11 is 0. The highest BCUT2D eigenvalue weighted by molar-refractivity contribution is 5.75. The number of methoxy groups -OCH3 is 1. The Labute approximate surface area is 93.9 Å². The zero-order chi connectivity index (χ0) is 11.8. The second kappa shape index (κ2) is 6.91. The fourth-order valence-electron chi connectivity index (χ4n) is 1.17. The number of carbonyl (C=O) groups is 1. The van der Waals surface area contributed by atoms with Gasteiger partial charge in [-0.05, 0) is 6.54 Å². The van der Waals surface area contributed by atoms with Crippen LogP contribution in [-0.4, -0.2) is 47.7 Å². The Morgan fingerprint density at radius 1 is 1.69 bits per heavy atom. The van der Waals surface area contributed by atoms with E-state index in [0.29, 0.717) is 26.1 Å². The van der Waals surface area contributed by atoms with E-state index >= 15 is 0 Å². The fourth-order valence-corrected chi connectivity index (χ4v) is 1.17. The van der Waals surface area contributed by atoms with Gasteiger partial charge < -0.3 is 15.8 Å². The minimum Gasteiger partial charge on any atom is -0.383 e. The summed E-state index contributed by atoms with van der Waals surface area (Å²) in [6.07, 6.45) is 2.40. The lowest BCUT2D eigenvalue weighted by atomic mass is 10.3. The van der Waals surface area contributed by atoms with Gasteiger partial charge in [0.15, 0.2) is 0 Å². The topological polar surface area (TPSA) is 95.1 Å². The van der Waals surface area contributed by atoms with Crippen molar-refractivity contribution in [1.82, 2.24) is 20.3 Å². The van der Waals surface area contributed by atoms with Crippen molar-refractivity contribution >= 4 is 5.91 Å².